The van der Waals surface area contributed by atoms with Crippen molar-refractivity contribution in [1.29, 1.82) is 0 Å². The third-order valence-electron chi connectivity index (χ3n) is 1.73. The van der Waals surface area contributed by atoms with Gasteiger partial charge in [0.25, 0.3) is 0 Å². The van der Waals surface area contributed by atoms with Gasteiger partial charge < -0.3 is 15.2 Å². The smallest absolute Gasteiger partial charge is 0.159 e. The second-order valence-electron chi connectivity index (χ2n) is 2.80. The summed E-state index contributed by atoms with van der Waals surface area (Å²) < 4.78 is 10.5. The molecule has 0 aromatic heterocycles. The first-order chi connectivity index (χ1) is 5.83. The van der Waals surface area contributed by atoms with Crippen LogP contribution in [0.2, 0.25) is 0 Å². The molecule has 0 aromatic rings. The van der Waals surface area contributed by atoms with Crippen LogP contribution in [0.5, 0.6) is 0 Å². The van der Waals surface area contributed by atoms with Gasteiger partial charge in [0.2, 0.25) is 0 Å². The van der Waals surface area contributed by atoms with Gasteiger partial charge in [0, 0.05) is 18.9 Å². The average molecular weight is 169 g/mol. The molecule has 1 fully saturated rings. The van der Waals surface area contributed by atoms with E-state index < -0.39 is 0 Å². The predicted octanol–water partition coefficient (Wildman–Crippen LogP) is 0.490. The van der Waals surface area contributed by atoms with Gasteiger partial charge >= 0.3 is 0 Å². The van der Waals surface area contributed by atoms with Crippen molar-refractivity contribution in [1.82, 2.24) is 0 Å². The Morgan fingerprint density at radius 3 is 2.75 bits per heavy atom. The molecular weight excluding hydrogens is 154 g/mol. The highest BCUT2D eigenvalue weighted by Crippen LogP contribution is 2.10. The minimum absolute atomic E-state index is 0.0700. The van der Waals surface area contributed by atoms with Gasteiger partial charge in [-0.15, -0.1) is 11.8 Å². The van der Waals surface area contributed by atoms with Crippen LogP contribution in [0, 0.1) is 11.8 Å². The Morgan fingerprint density at radius 1 is 1.50 bits per heavy atom. The van der Waals surface area contributed by atoms with Gasteiger partial charge in [-0.25, -0.2) is 0 Å². The minimum atomic E-state index is -0.0985. The maximum absolute atomic E-state index is 5.78. The van der Waals surface area contributed by atoms with Crippen molar-refractivity contribution in [2.45, 2.75) is 32.1 Å². The largest absolute Gasteiger partial charge is 0.350 e. The summed E-state index contributed by atoms with van der Waals surface area (Å²) in [6.07, 6.45) is 1.37. The van der Waals surface area contributed by atoms with Gasteiger partial charge in [-0.1, -0.05) is 0 Å². The Morgan fingerprint density at radius 2 is 2.17 bits per heavy atom. The van der Waals surface area contributed by atoms with Gasteiger partial charge in [0.1, 0.15) is 0 Å². The summed E-state index contributed by atoms with van der Waals surface area (Å²) in [6, 6.07) is 0.0700. The summed E-state index contributed by atoms with van der Waals surface area (Å²) in [7, 11) is 0. The van der Waals surface area contributed by atoms with Gasteiger partial charge in [-0.3, -0.25) is 0 Å². The van der Waals surface area contributed by atoms with E-state index >= 15 is 0 Å². The molecule has 1 heterocycles. The molecule has 0 aromatic carbocycles. The monoisotopic (exact) mass is 169 g/mol. The average Bonchev–Trinajstić information content (AvgIpc) is 2.53. The molecule has 0 spiro atoms. The Labute approximate surface area is 73.2 Å². The van der Waals surface area contributed by atoms with Gasteiger partial charge in [0.15, 0.2) is 6.29 Å². The molecule has 0 aliphatic carbocycles. The summed E-state index contributed by atoms with van der Waals surface area (Å²) >= 11 is 0. The fourth-order valence-electron chi connectivity index (χ4n) is 1.11. The van der Waals surface area contributed by atoms with Crippen molar-refractivity contribution in [2.24, 2.45) is 5.73 Å². The fraction of sp³-hybridized carbons (Fsp3) is 0.778. The highest BCUT2D eigenvalue weighted by atomic mass is 16.7. The van der Waals surface area contributed by atoms with Gasteiger partial charge in [-0.05, 0) is 6.92 Å². The highest BCUT2D eigenvalue weighted by molar-refractivity contribution is 4.97. The summed E-state index contributed by atoms with van der Waals surface area (Å²) in [5.74, 6) is 5.75. The summed E-state index contributed by atoms with van der Waals surface area (Å²) in [6.45, 7) is 3.20. The molecule has 0 amide bonds. The third kappa shape index (κ3) is 3.22. The van der Waals surface area contributed by atoms with Crippen LogP contribution in [0.25, 0.3) is 0 Å². The van der Waals surface area contributed by atoms with E-state index in [1.54, 1.807) is 0 Å². The predicted molar refractivity (Wildman–Crippen MR) is 46.4 cm³/mol. The minimum Gasteiger partial charge on any atom is -0.350 e. The van der Waals surface area contributed by atoms with Crippen molar-refractivity contribution in [3.05, 3.63) is 0 Å². The first-order valence-corrected chi connectivity index (χ1v) is 4.21. The Bertz CT molecular complexity index is 177. The summed E-state index contributed by atoms with van der Waals surface area (Å²) in [5.41, 5.74) is 5.78. The fourth-order valence-corrected chi connectivity index (χ4v) is 1.11. The first kappa shape index (κ1) is 9.53. The summed E-state index contributed by atoms with van der Waals surface area (Å²) in [5, 5.41) is 0. The molecule has 2 N–H and O–H groups in total. The zero-order valence-electron chi connectivity index (χ0n) is 7.38. The normalized spacial score (nSPS) is 20.2. The van der Waals surface area contributed by atoms with E-state index in [0.717, 1.165) is 12.8 Å². The van der Waals surface area contributed by atoms with Crippen molar-refractivity contribution in [3.63, 3.8) is 0 Å². The quantitative estimate of drug-likeness (QED) is 0.625. The van der Waals surface area contributed by atoms with Crippen LogP contribution < -0.4 is 5.73 Å². The van der Waals surface area contributed by atoms with Gasteiger partial charge in [-0.2, -0.15) is 0 Å². The molecule has 0 bridgehead atoms. The maximum atomic E-state index is 5.78. The number of ether oxygens (including phenoxy) is 2. The Hall–Kier alpha value is -0.560. The molecule has 1 aliphatic heterocycles. The molecule has 1 saturated heterocycles. The van der Waals surface area contributed by atoms with Crippen LogP contribution in [0.4, 0.5) is 0 Å². The lowest BCUT2D eigenvalue weighted by Gasteiger charge is -2.12. The van der Waals surface area contributed by atoms with Crippen LogP contribution in [-0.2, 0) is 9.47 Å². The van der Waals surface area contributed by atoms with E-state index in [9.17, 15) is 0 Å². The molecule has 0 saturated carbocycles. The second kappa shape index (κ2) is 5.15. The van der Waals surface area contributed by atoms with E-state index in [1.165, 1.54) is 0 Å². The van der Waals surface area contributed by atoms with Crippen molar-refractivity contribution >= 4 is 0 Å². The Balaban J connectivity index is 2.14. The standard InChI is InChI=1S/C9H15NO2/c1-2-3-4-8(10)7-9-11-5-6-12-9/h8-9H,4-7,10H2,1H3. The van der Waals surface area contributed by atoms with Crippen molar-refractivity contribution < 1.29 is 9.47 Å². The van der Waals surface area contributed by atoms with E-state index in [-0.39, 0.29) is 12.3 Å². The molecule has 1 unspecified atom stereocenters. The maximum Gasteiger partial charge on any atom is 0.159 e. The zero-order valence-corrected chi connectivity index (χ0v) is 7.38. The second-order valence-corrected chi connectivity index (χ2v) is 2.80. The third-order valence-corrected chi connectivity index (χ3v) is 1.73. The lowest BCUT2D eigenvalue weighted by Crippen LogP contribution is -2.26. The molecule has 3 heteroatoms. The van der Waals surface area contributed by atoms with Crippen molar-refractivity contribution in [3.8, 4) is 11.8 Å². The molecule has 1 aliphatic rings. The highest BCUT2D eigenvalue weighted by Gasteiger charge is 2.18. The molecule has 1 rings (SSSR count). The lowest BCUT2D eigenvalue weighted by molar-refractivity contribution is -0.0502. The zero-order chi connectivity index (χ0) is 8.81. The number of hydrogen-bond donors (Lipinski definition) is 1. The molecular formula is C9H15NO2. The van der Waals surface area contributed by atoms with E-state index in [0.29, 0.717) is 13.2 Å². The number of nitrogens with two attached hydrogens (primary N) is 1. The van der Waals surface area contributed by atoms with E-state index in [1.807, 2.05) is 6.92 Å². The van der Waals surface area contributed by atoms with Crippen LogP contribution >= 0.6 is 0 Å². The molecule has 68 valence electrons. The molecule has 1 atom stereocenters. The summed E-state index contributed by atoms with van der Waals surface area (Å²) in [4.78, 5) is 0. The van der Waals surface area contributed by atoms with Crippen LogP contribution in [0.1, 0.15) is 19.8 Å². The first-order valence-electron chi connectivity index (χ1n) is 4.21. The number of rotatable bonds is 3. The number of hydrogen-bond acceptors (Lipinski definition) is 3. The van der Waals surface area contributed by atoms with Crippen LogP contribution in [-0.4, -0.2) is 25.5 Å². The van der Waals surface area contributed by atoms with Crippen LogP contribution in [0.15, 0.2) is 0 Å². The molecule has 3 nitrogen and oxygen atoms in total. The van der Waals surface area contributed by atoms with E-state index in [4.69, 9.17) is 15.2 Å². The SMILES string of the molecule is CC#CCC(N)CC1OCCO1. The van der Waals surface area contributed by atoms with Gasteiger partial charge in [0.05, 0.1) is 13.2 Å². The lowest BCUT2D eigenvalue weighted by atomic mass is 10.1. The van der Waals surface area contributed by atoms with Crippen molar-refractivity contribution in [2.75, 3.05) is 13.2 Å². The van der Waals surface area contributed by atoms with Crippen LogP contribution in [0.3, 0.4) is 0 Å². The topological polar surface area (TPSA) is 44.5 Å². The molecule has 12 heavy (non-hydrogen) atoms. The van der Waals surface area contributed by atoms with E-state index in [2.05, 4.69) is 11.8 Å². The Kier molecular flexibility index (Phi) is 4.09. The molecule has 0 radical (unpaired) electrons.